The van der Waals surface area contributed by atoms with Crippen LogP contribution >= 0.6 is 27.5 Å². The Morgan fingerprint density at radius 1 is 1.29 bits per heavy atom. The van der Waals surface area contributed by atoms with E-state index >= 15 is 0 Å². The van der Waals surface area contributed by atoms with Crippen molar-refractivity contribution in [3.05, 3.63) is 46.0 Å². The minimum atomic E-state index is -0.360. The van der Waals surface area contributed by atoms with Crippen LogP contribution in [0.5, 0.6) is 0 Å². The lowest BCUT2D eigenvalue weighted by atomic mass is 10.3. The normalized spacial score (nSPS) is 10.0. The molecule has 0 fully saturated rings. The number of pyridine rings is 1. The van der Waals surface area contributed by atoms with E-state index in [1.165, 1.54) is 6.20 Å². The fraction of sp³-hybridized carbons (Fsp3) is 0. The van der Waals surface area contributed by atoms with Crippen LogP contribution in [-0.4, -0.2) is 20.9 Å². The zero-order valence-electron chi connectivity index (χ0n) is 8.39. The van der Waals surface area contributed by atoms with Crippen LogP contribution in [0.15, 0.2) is 35.1 Å². The number of hydrogen-bond donors (Lipinski definition) is 1. The summed E-state index contributed by atoms with van der Waals surface area (Å²) in [6, 6.07) is 6.60. The molecule has 0 aliphatic rings. The van der Waals surface area contributed by atoms with Crippen LogP contribution in [0, 0.1) is 0 Å². The first-order valence-corrected chi connectivity index (χ1v) is 5.75. The summed E-state index contributed by atoms with van der Waals surface area (Å²) in [6.07, 6.45) is 1.46. The molecule has 0 atom stereocenters. The van der Waals surface area contributed by atoms with Gasteiger partial charge in [-0.15, -0.1) is 0 Å². The molecule has 0 saturated heterocycles. The molecule has 1 N–H and O–H groups in total. The number of amides is 1. The molecule has 2 heterocycles. The average Bonchev–Trinajstić information content (AvgIpc) is 2.29. The maximum atomic E-state index is 11.8. The second-order valence-corrected chi connectivity index (χ2v) is 4.16. The molecular weight excluding hydrogens is 307 g/mol. The zero-order valence-corrected chi connectivity index (χ0v) is 10.7. The van der Waals surface area contributed by atoms with E-state index in [0.717, 1.165) is 0 Å². The SMILES string of the molecule is O=C(Nc1ccnc(Cl)n1)c1cccc(Br)n1. The van der Waals surface area contributed by atoms with Crippen LogP contribution in [0.25, 0.3) is 0 Å². The predicted molar refractivity (Wildman–Crippen MR) is 66.9 cm³/mol. The van der Waals surface area contributed by atoms with Crippen LogP contribution in [-0.2, 0) is 0 Å². The molecule has 7 heteroatoms. The van der Waals surface area contributed by atoms with Gasteiger partial charge in [0.05, 0.1) is 0 Å². The molecule has 0 bridgehead atoms. The number of anilines is 1. The van der Waals surface area contributed by atoms with Gasteiger partial charge < -0.3 is 5.32 Å². The van der Waals surface area contributed by atoms with Crippen LogP contribution in [0.4, 0.5) is 5.82 Å². The highest BCUT2D eigenvalue weighted by atomic mass is 79.9. The van der Waals surface area contributed by atoms with E-state index in [-0.39, 0.29) is 16.9 Å². The molecule has 17 heavy (non-hydrogen) atoms. The van der Waals surface area contributed by atoms with E-state index in [2.05, 4.69) is 36.2 Å². The van der Waals surface area contributed by atoms with Crippen molar-refractivity contribution >= 4 is 39.3 Å². The highest BCUT2D eigenvalue weighted by Crippen LogP contribution is 2.10. The maximum absolute atomic E-state index is 11.8. The molecule has 0 spiro atoms. The number of carbonyl (C=O) groups is 1. The molecule has 86 valence electrons. The molecule has 2 rings (SSSR count). The second-order valence-electron chi connectivity index (χ2n) is 3.01. The molecule has 2 aromatic heterocycles. The van der Waals surface area contributed by atoms with Crippen molar-refractivity contribution in [2.24, 2.45) is 0 Å². The Morgan fingerprint density at radius 3 is 2.82 bits per heavy atom. The van der Waals surface area contributed by atoms with E-state index in [1.54, 1.807) is 24.3 Å². The summed E-state index contributed by atoms with van der Waals surface area (Å²) in [4.78, 5) is 23.4. The van der Waals surface area contributed by atoms with Crippen molar-refractivity contribution in [1.29, 1.82) is 0 Å². The van der Waals surface area contributed by atoms with Gasteiger partial charge in [-0.3, -0.25) is 4.79 Å². The molecule has 0 saturated carbocycles. The maximum Gasteiger partial charge on any atom is 0.275 e. The summed E-state index contributed by atoms with van der Waals surface area (Å²) in [5.74, 6) is -0.0298. The van der Waals surface area contributed by atoms with Gasteiger partial charge in [0.1, 0.15) is 16.1 Å². The third-order valence-electron chi connectivity index (χ3n) is 1.82. The minimum absolute atomic E-state index is 0.0741. The number of halogens is 2. The first-order valence-electron chi connectivity index (χ1n) is 4.57. The van der Waals surface area contributed by atoms with E-state index in [4.69, 9.17) is 11.6 Å². The van der Waals surface area contributed by atoms with E-state index < -0.39 is 0 Å². The van der Waals surface area contributed by atoms with Gasteiger partial charge in [-0.05, 0) is 45.7 Å². The fourth-order valence-corrected chi connectivity index (χ4v) is 1.61. The Balaban J connectivity index is 2.17. The van der Waals surface area contributed by atoms with Crippen molar-refractivity contribution in [2.75, 3.05) is 5.32 Å². The lowest BCUT2D eigenvalue weighted by Crippen LogP contribution is -2.14. The summed E-state index contributed by atoms with van der Waals surface area (Å²) in [7, 11) is 0. The molecular formula is C10H6BrClN4O. The lowest BCUT2D eigenvalue weighted by molar-refractivity contribution is 0.102. The smallest absolute Gasteiger partial charge is 0.275 e. The number of hydrogen-bond acceptors (Lipinski definition) is 4. The second kappa shape index (κ2) is 5.20. The highest BCUT2D eigenvalue weighted by molar-refractivity contribution is 9.10. The number of rotatable bonds is 2. The lowest BCUT2D eigenvalue weighted by Gasteiger charge is -2.03. The van der Waals surface area contributed by atoms with Crippen LogP contribution in [0.2, 0.25) is 5.28 Å². The number of carbonyl (C=O) groups excluding carboxylic acids is 1. The molecule has 0 radical (unpaired) electrons. The first kappa shape index (κ1) is 11.9. The molecule has 0 aliphatic carbocycles. The van der Waals surface area contributed by atoms with Gasteiger partial charge in [-0.25, -0.2) is 15.0 Å². The third-order valence-corrected chi connectivity index (χ3v) is 2.44. The Bertz CT molecular complexity index is 564. The molecule has 0 unspecified atom stereocenters. The Morgan fingerprint density at radius 2 is 2.12 bits per heavy atom. The molecule has 0 aromatic carbocycles. The summed E-state index contributed by atoms with van der Waals surface area (Å²) >= 11 is 8.79. The van der Waals surface area contributed by atoms with Gasteiger partial charge in [0.25, 0.3) is 5.91 Å². The van der Waals surface area contributed by atoms with E-state index in [9.17, 15) is 4.79 Å². The third kappa shape index (κ3) is 3.21. The van der Waals surface area contributed by atoms with Gasteiger partial charge in [0, 0.05) is 6.20 Å². The van der Waals surface area contributed by atoms with E-state index in [1.807, 2.05) is 0 Å². The largest absolute Gasteiger partial charge is 0.305 e. The monoisotopic (exact) mass is 312 g/mol. The van der Waals surface area contributed by atoms with Crippen molar-refractivity contribution in [3.63, 3.8) is 0 Å². The molecule has 2 aromatic rings. The highest BCUT2D eigenvalue weighted by Gasteiger charge is 2.08. The number of nitrogens with one attached hydrogen (secondary N) is 1. The first-order chi connectivity index (χ1) is 8.15. The summed E-state index contributed by atoms with van der Waals surface area (Å²) in [5, 5.41) is 2.64. The van der Waals surface area contributed by atoms with E-state index in [0.29, 0.717) is 10.4 Å². The van der Waals surface area contributed by atoms with Crippen LogP contribution in [0.3, 0.4) is 0 Å². The zero-order chi connectivity index (χ0) is 12.3. The minimum Gasteiger partial charge on any atom is -0.305 e. The topological polar surface area (TPSA) is 67.8 Å². The summed E-state index contributed by atoms with van der Waals surface area (Å²) in [6.45, 7) is 0. The molecule has 5 nitrogen and oxygen atoms in total. The average molecular weight is 314 g/mol. The Kier molecular flexibility index (Phi) is 3.65. The Hall–Kier alpha value is -1.53. The van der Waals surface area contributed by atoms with Crippen molar-refractivity contribution in [3.8, 4) is 0 Å². The Labute approximate surface area is 110 Å². The van der Waals surface area contributed by atoms with Crippen molar-refractivity contribution in [2.45, 2.75) is 0 Å². The molecule has 0 aliphatic heterocycles. The molecule has 1 amide bonds. The number of aromatic nitrogens is 3. The van der Waals surface area contributed by atoms with Gasteiger partial charge in [-0.1, -0.05) is 6.07 Å². The standard InChI is InChI=1S/C10H6BrClN4O/c11-7-3-1-2-6(14-7)9(17)15-8-4-5-13-10(12)16-8/h1-5H,(H,13,15,16,17). The van der Waals surface area contributed by atoms with Gasteiger partial charge in [-0.2, -0.15) is 0 Å². The summed E-state index contributed by atoms with van der Waals surface area (Å²) < 4.78 is 0.589. The quantitative estimate of drug-likeness (QED) is 0.683. The van der Waals surface area contributed by atoms with Gasteiger partial charge in [0.2, 0.25) is 5.28 Å². The van der Waals surface area contributed by atoms with Crippen molar-refractivity contribution in [1.82, 2.24) is 15.0 Å². The predicted octanol–water partition coefficient (Wildman–Crippen LogP) is 2.54. The van der Waals surface area contributed by atoms with Gasteiger partial charge >= 0.3 is 0 Å². The van der Waals surface area contributed by atoms with Crippen LogP contribution in [0.1, 0.15) is 10.5 Å². The van der Waals surface area contributed by atoms with Gasteiger partial charge in [0.15, 0.2) is 0 Å². The fourth-order valence-electron chi connectivity index (χ4n) is 1.12. The van der Waals surface area contributed by atoms with Crippen molar-refractivity contribution < 1.29 is 4.79 Å². The van der Waals surface area contributed by atoms with Crippen LogP contribution < -0.4 is 5.32 Å². The summed E-state index contributed by atoms with van der Waals surface area (Å²) in [5.41, 5.74) is 0.286. The number of nitrogens with zero attached hydrogens (tertiary/aromatic N) is 3.